The normalized spacial score (nSPS) is 10.9. The zero-order valence-corrected chi connectivity index (χ0v) is 14.8. The van der Waals surface area contributed by atoms with Gasteiger partial charge in [-0.05, 0) is 6.07 Å². The number of imidazole rings is 1. The van der Waals surface area contributed by atoms with E-state index in [9.17, 15) is 27.9 Å². The third-order valence-corrected chi connectivity index (χ3v) is 3.75. The summed E-state index contributed by atoms with van der Waals surface area (Å²) in [5, 5.41) is 19.9. The molecule has 1 aromatic carbocycles. The molecule has 3 aromatic rings. The molecule has 154 valence electrons. The van der Waals surface area contributed by atoms with E-state index in [2.05, 4.69) is 15.3 Å². The Morgan fingerprint density at radius 2 is 1.83 bits per heavy atom. The van der Waals surface area contributed by atoms with E-state index in [1.165, 1.54) is 12.5 Å². The minimum atomic E-state index is -5.08. The van der Waals surface area contributed by atoms with Gasteiger partial charge in [0.05, 0.1) is 12.5 Å². The minimum absolute atomic E-state index is 0.0894. The van der Waals surface area contributed by atoms with E-state index in [0.717, 1.165) is 10.9 Å². The van der Waals surface area contributed by atoms with Gasteiger partial charge in [0.1, 0.15) is 11.4 Å². The van der Waals surface area contributed by atoms with Crippen molar-refractivity contribution in [1.29, 1.82) is 0 Å². The van der Waals surface area contributed by atoms with Gasteiger partial charge in [0.2, 0.25) is 0 Å². The fraction of sp³-hybridized carbons (Fsp3) is 0.176. The summed E-state index contributed by atoms with van der Waals surface area (Å²) in [6.07, 6.45) is -2.09. The van der Waals surface area contributed by atoms with E-state index in [4.69, 9.17) is 9.90 Å². The van der Waals surface area contributed by atoms with Crippen LogP contribution in [0.25, 0.3) is 10.9 Å². The number of halogens is 3. The lowest BCUT2D eigenvalue weighted by Crippen LogP contribution is -2.25. The van der Waals surface area contributed by atoms with E-state index in [1.807, 2.05) is 18.2 Å². The predicted molar refractivity (Wildman–Crippen MR) is 93.3 cm³/mol. The lowest BCUT2D eigenvalue weighted by Gasteiger charge is -2.06. The molecule has 0 saturated heterocycles. The Morgan fingerprint density at radius 3 is 2.34 bits per heavy atom. The van der Waals surface area contributed by atoms with Crippen LogP contribution in [-0.2, 0) is 18.4 Å². The van der Waals surface area contributed by atoms with Crippen molar-refractivity contribution in [3.8, 4) is 0 Å². The van der Waals surface area contributed by atoms with E-state index in [0.29, 0.717) is 11.3 Å². The van der Waals surface area contributed by atoms with Gasteiger partial charge in [0.15, 0.2) is 0 Å². The lowest BCUT2D eigenvalue weighted by atomic mass is 10.1. The van der Waals surface area contributed by atoms with Crippen molar-refractivity contribution >= 4 is 28.7 Å². The molecule has 0 aliphatic heterocycles. The number of carbonyl (C=O) groups is 3. The molecular formula is C17H15F3N4O5. The molecule has 0 aliphatic rings. The maximum Gasteiger partial charge on any atom is 0.490 e. The van der Waals surface area contributed by atoms with E-state index >= 15 is 0 Å². The monoisotopic (exact) mass is 412 g/mol. The SMILES string of the molecule is Cn1cncc1C(=O)NCc1c(C(=O)O)[nH]c2ccccc12.O=C(O)C(F)(F)F. The number of carbonyl (C=O) groups excluding carboxylic acids is 1. The molecule has 29 heavy (non-hydrogen) atoms. The number of aryl methyl sites for hydroxylation is 1. The number of aromatic nitrogens is 3. The molecule has 0 bridgehead atoms. The van der Waals surface area contributed by atoms with Crippen molar-refractivity contribution in [2.75, 3.05) is 0 Å². The maximum atomic E-state index is 12.1. The predicted octanol–water partition coefficient (Wildman–Crippen LogP) is 2.16. The molecule has 0 atom stereocenters. The molecule has 0 unspecified atom stereocenters. The molecule has 4 N–H and O–H groups in total. The number of amides is 1. The quantitative estimate of drug-likeness (QED) is 0.518. The van der Waals surface area contributed by atoms with Crippen LogP contribution in [0.2, 0.25) is 0 Å². The number of nitrogens with zero attached hydrogens (tertiary/aromatic N) is 2. The first-order chi connectivity index (χ1) is 13.5. The standard InChI is InChI=1S/C15H14N4O3.C2HF3O2/c1-19-8-16-7-12(19)14(20)17-6-10-9-4-2-3-5-11(9)18-13(10)15(21)22;3-2(4,5)1(6)7/h2-5,7-8,18H,6H2,1H3,(H,17,20)(H,21,22);(H,6,7). The average molecular weight is 412 g/mol. The molecular weight excluding hydrogens is 397 g/mol. The van der Waals surface area contributed by atoms with Crippen LogP contribution in [0.4, 0.5) is 13.2 Å². The highest BCUT2D eigenvalue weighted by Crippen LogP contribution is 2.22. The van der Waals surface area contributed by atoms with Gasteiger partial charge in [0.25, 0.3) is 5.91 Å². The molecule has 0 saturated carbocycles. The number of H-pyrrole nitrogens is 1. The van der Waals surface area contributed by atoms with Crippen molar-refractivity contribution in [2.45, 2.75) is 12.7 Å². The Hall–Kier alpha value is -3.83. The number of fused-ring (bicyclic) bond motifs is 1. The molecule has 2 aromatic heterocycles. The number of nitrogens with one attached hydrogen (secondary N) is 2. The molecule has 0 spiro atoms. The summed E-state index contributed by atoms with van der Waals surface area (Å²) in [7, 11) is 1.72. The number of carboxylic acid groups (broad SMARTS) is 2. The van der Waals surface area contributed by atoms with Gasteiger partial charge in [0, 0.05) is 30.1 Å². The maximum absolute atomic E-state index is 12.1. The molecule has 0 radical (unpaired) electrons. The van der Waals surface area contributed by atoms with Gasteiger partial charge in [-0.1, -0.05) is 18.2 Å². The van der Waals surface area contributed by atoms with Gasteiger partial charge < -0.3 is 25.1 Å². The third-order valence-electron chi connectivity index (χ3n) is 3.75. The topological polar surface area (TPSA) is 137 Å². The van der Waals surface area contributed by atoms with Crippen LogP contribution in [0.5, 0.6) is 0 Å². The van der Waals surface area contributed by atoms with Crippen LogP contribution in [0.3, 0.4) is 0 Å². The molecule has 1 amide bonds. The smallest absolute Gasteiger partial charge is 0.477 e. The van der Waals surface area contributed by atoms with Crippen LogP contribution in [0, 0.1) is 0 Å². The van der Waals surface area contributed by atoms with Crippen molar-refractivity contribution < 1.29 is 37.8 Å². The van der Waals surface area contributed by atoms with Crippen molar-refractivity contribution in [3.05, 3.63) is 53.7 Å². The Kier molecular flexibility index (Phi) is 6.26. The largest absolute Gasteiger partial charge is 0.490 e. The summed E-state index contributed by atoms with van der Waals surface area (Å²) < 4.78 is 33.3. The fourth-order valence-corrected chi connectivity index (χ4v) is 2.40. The van der Waals surface area contributed by atoms with Crippen LogP contribution < -0.4 is 5.32 Å². The zero-order valence-electron chi connectivity index (χ0n) is 14.8. The van der Waals surface area contributed by atoms with Gasteiger partial charge in [-0.15, -0.1) is 0 Å². The number of alkyl halides is 3. The summed E-state index contributed by atoms with van der Waals surface area (Å²) in [6, 6.07) is 7.27. The summed E-state index contributed by atoms with van der Waals surface area (Å²) >= 11 is 0. The molecule has 9 nitrogen and oxygen atoms in total. The Bertz CT molecular complexity index is 1050. The van der Waals surface area contributed by atoms with Crippen molar-refractivity contribution in [2.24, 2.45) is 7.05 Å². The summed E-state index contributed by atoms with van der Waals surface area (Å²) in [5.74, 6) is -4.12. The lowest BCUT2D eigenvalue weighted by molar-refractivity contribution is -0.192. The summed E-state index contributed by atoms with van der Waals surface area (Å²) in [4.78, 5) is 39.1. The number of hydrogen-bond donors (Lipinski definition) is 4. The number of aromatic amines is 1. The molecule has 2 heterocycles. The Morgan fingerprint density at radius 1 is 1.21 bits per heavy atom. The second-order valence-corrected chi connectivity index (χ2v) is 5.70. The molecule has 12 heteroatoms. The minimum Gasteiger partial charge on any atom is -0.477 e. The van der Waals surface area contributed by atoms with Crippen LogP contribution in [0.1, 0.15) is 26.5 Å². The van der Waals surface area contributed by atoms with Crippen LogP contribution >= 0.6 is 0 Å². The second kappa shape index (κ2) is 8.46. The van der Waals surface area contributed by atoms with Crippen LogP contribution in [-0.4, -0.2) is 48.8 Å². The van der Waals surface area contributed by atoms with Gasteiger partial charge in [-0.3, -0.25) is 4.79 Å². The number of para-hydroxylation sites is 1. The summed E-state index contributed by atoms with van der Waals surface area (Å²) in [6.45, 7) is 0.121. The Labute approximate surface area is 160 Å². The average Bonchev–Trinajstić information content (AvgIpc) is 3.23. The fourth-order valence-electron chi connectivity index (χ4n) is 2.40. The number of hydrogen-bond acceptors (Lipinski definition) is 4. The summed E-state index contributed by atoms with van der Waals surface area (Å²) in [5.41, 5.74) is 1.78. The van der Waals surface area contributed by atoms with E-state index < -0.39 is 18.1 Å². The van der Waals surface area contributed by atoms with Gasteiger partial charge >= 0.3 is 18.1 Å². The number of aliphatic carboxylic acids is 1. The van der Waals surface area contributed by atoms with Gasteiger partial charge in [-0.2, -0.15) is 13.2 Å². The highest BCUT2D eigenvalue weighted by Gasteiger charge is 2.38. The first kappa shape index (κ1) is 21.5. The highest BCUT2D eigenvalue weighted by molar-refractivity contribution is 5.98. The van der Waals surface area contributed by atoms with E-state index in [1.54, 1.807) is 17.7 Å². The van der Waals surface area contributed by atoms with Crippen molar-refractivity contribution in [1.82, 2.24) is 19.9 Å². The van der Waals surface area contributed by atoms with Crippen molar-refractivity contribution in [3.63, 3.8) is 0 Å². The highest BCUT2D eigenvalue weighted by atomic mass is 19.4. The molecule has 0 fully saturated rings. The molecule has 3 rings (SSSR count). The van der Waals surface area contributed by atoms with Crippen LogP contribution in [0.15, 0.2) is 36.8 Å². The van der Waals surface area contributed by atoms with E-state index in [-0.39, 0.29) is 18.1 Å². The number of rotatable bonds is 4. The first-order valence-electron chi connectivity index (χ1n) is 7.90. The third kappa shape index (κ3) is 5.12. The second-order valence-electron chi connectivity index (χ2n) is 5.70. The number of carboxylic acids is 2. The zero-order chi connectivity index (χ0) is 21.8. The first-order valence-corrected chi connectivity index (χ1v) is 7.90. The number of benzene rings is 1. The Balaban J connectivity index is 0.000000370. The van der Waals surface area contributed by atoms with Gasteiger partial charge in [-0.25, -0.2) is 14.6 Å². The number of aromatic carboxylic acids is 1. The molecule has 0 aliphatic carbocycles.